The molecule has 2 aromatic rings. The van der Waals surface area contributed by atoms with Gasteiger partial charge in [0.25, 0.3) is 0 Å². The molecule has 24 heavy (non-hydrogen) atoms. The minimum absolute atomic E-state index is 0.157. The van der Waals surface area contributed by atoms with Crippen molar-refractivity contribution >= 4 is 22.8 Å². The Hall–Kier alpha value is -2.21. The van der Waals surface area contributed by atoms with Crippen LogP contribution in [0.25, 0.3) is 10.9 Å². The molecule has 0 radical (unpaired) electrons. The van der Waals surface area contributed by atoms with E-state index in [1.54, 1.807) is 0 Å². The average Bonchev–Trinajstić information content (AvgIpc) is 2.72. The van der Waals surface area contributed by atoms with Gasteiger partial charge in [-0.2, -0.15) is 0 Å². The molecule has 1 atom stereocenters. The highest BCUT2D eigenvalue weighted by molar-refractivity contribution is 5.90. The molecule has 1 fully saturated rings. The highest BCUT2D eigenvalue weighted by Crippen LogP contribution is 2.41. The van der Waals surface area contributed by atoms with E-state index < -0.39 is 0 Å². The predicted octanol–water partition coefficient (Wildman–Crippen LogP) is 3.35. The van der Waals surface area contributed by atoms with Gasteiger partial charge >= 0.3 is 6.03 Å². The Bertz CT molecular complexity index is 758. The number of carbonyl (C=O) groups excluding carboxylic acids is 1. The highest BCUT2D eigenvalue weighted by atomic mass is 16.5. The average molecular weight is 328 g/mol. The molecule has 2 N–H and O–H groups in total. The molecule has 1 aliphatic heterocycles. The maximum Gasteiger partial charge on any atom is 0.320 e. The van der Waals surface area contributed by atoms with Crippen LogP contribution in [0.15, 0.2) is 30.3 Å². The molecule has 2 amide bonds. The van der Waals surface area contributed by atoms with E-state index in [-0.39, 0.29) is 23.2 Å². The summed E-state index contributed by atoms with van der Waals surface area (Å²) in [4.78, 5) is 12.1. The molecule has 1 aromatic heterocycles. The molecule has 6 heteroatoms. The van der Waals surface area contributed by atoms with E-state index in [0.717, 1.165) is 17.3 Å². The molecule has 1 saturated heterocycles. The number of carbonyl (C=O) groups is 1. The second kappa shape index (κ2) is 6.02. The first-order chi connectivity index (χ1) is 11.3. The summed E-state index contributed by atoms with van der Waals surface area (Å²) in [6.07, 6.45) is 0.913. The molecule has 0 saturated carbocycles. The lowest BCUT2D eigenvalue weighted by Gasteiger charge is -2.27. The predicted molar refractivity (Wildman–Crippen MR) is 93.9 cm³/mol. The fourth-order valence-corrected chi connectivity index (χ4v) is 3.42. The van der Waals surface area contributed by atoms with Crippen LogP contribution in [0.1, 0.15) is 34.1 Å². The number of rotatable bonds is 3. The zero-order chi connectivity index (χ0) is 17.4. The van der Waals surface area contributed by atoms with Crippen molar-refractivity contribution in [1.82, 2.24) is 15.5 Å². The quantitative estimate of drug-likeness (QED) is 0.906. The number of nitrogens with one attached hydrogen (secondary N) is 2. The molecular weight excluding hydrogens is 304 g/mol. The lowest BCUT2D eigenvalue weighted by Crippen LogP contribution is -2.39. The van der Waals surface area contributed by atoms with Crippen LogP contribution in [0.5, 0.6) is 0 Å². The SMILES string of the molecule is CC1(C)CC(CNC(=O)Nc2cc3ccccc3nn2)C(C)(C)O1. The van der Waals surface area contributed by atoms with E-state index >= 15 is 0 Å². The van der Waals surface area contributed by atoms with Gasteiger partial charge in [-0.05, 0) is 46.2 Å². The van der Waals surface area contributed by atoms with Crippen LogP contribution >= 0.6 is 0 Å². The molecular formula is C18H24N4O2. The topological polar surface area (TPSA) is 76.1 Å². The van der Waals surface area contributed by atoms with Gasteiger partial charge in [0.1, 0.15) is 0 Å². The van der Waals surface area contributed by atoms with Gasteiger partial charge in [-0.15, -0.1) is 10.2 Å². The third-order valence-corrected chi connectivity index (χ3v) is 4.51. The van der Waals surface area contributed by atoms with E-state index in [9.17, 15) is 4.79 Å². The lowest BCUT2D eigenvalue weighted by atomic mass is 9.87. The van der Waals surface area contributed by atoms with Gasteiger partial charge in [0, 0.05) is 17.8 Å². The molecule has 6 nitrogen and oxygen atoms in total. The zero-order valence-electron chi connectivity index (χ0n) is 14.6. The normalized spacial score (nSPS) is 21.6. The molecule has 2 heterocycles. The van der Waals surface area contributed by atoms with Gasteiger partial charge < -0.3 is 10.1 Å². The molecule has 128 valence electrons. The van der Waals surface area contributed by atoms with E-state index in [1.165, 1.54) is 0 Å². The van der Waals surface area contributed by atoms with Crippen molar-refractivity contribution in [3.8, 4) is 0 Å². The van der Waals surface area contributed by atoms with Crippen LogP contribution in [0.4, 0.5) is 10.6 Å². The lowest BCUT2D eigenvalue weighted by molar-refractivity contribution is -0.0740. The molecule has 1 aromatic carbocycles. The smallest absolute Gasteiger partial charge is 0.320 e. The Morgan fingerprint density at radius 3 is 2.71 bits per heavy atom. The summed E-state index contributed by atoms with van der Waals surface area (Å²) in [7, 11) is 0. The van der Waals surface area contributed by atoms with Crippen LogP contribution in [-0.4, -0.2) is 34.0 Å². The summed E-state index contributed by atoms with van der Waals surface area (Å²) in [6, 6.07) is 9.19. The first-order valence-corrected chi connectivity index (χ1v) is 8.23. The van der Waals surface area contributed by atoms with Crippen LogP contribution in [0.2, 0.25) is 0 Å². The second-order valence-corrected chi connectivity index (χ2v) is 7.49. The summed E-state index contributed by atoms with van der Waals surface area (Å²) < 4.78 is 6.05. The fourth-order valence-electron chi connectivity index (χ4n) is 3.42. The van der Waals surface area contributed by atoms with Crippen LogP contribution in [-0.2, 0) is 4.74 Å². The number of ether oxygens (including phenoxy) is 1. The van der Waals surface area contributed by atoms with Gasteiger partial charge in [0.2, 0.25) is 0 Å². The Morgan fingerprint density at radius 2 is 2.00 bits per heavy atom. The maximum absolute atomic E-state index is 12.1. The number of hydrogen-bond donors (Lipinski definition) is 2. The summed E-state index contributed by atoms with van der Waals surface area (Å²) in [5.74, 6) is 0.703. The Morgan fingerprint density at radius 1 is 1.25 bits per heavy atom. The number of amides is 2. The third kappa shape index (κ3) is 3.64. The molecule has 1 aliphatic rings. The van der Waals surface area contributed by atoms with Gasteiger partial charge in [-0.25, -0.2) is 4.79 Å². The molecule has 3 rings (SSSR count). The summed E-state index contributed by atoms with van der Waals surface area (Å²) in [5, 5.41) is 14.7. The van der Waals surface area contributed by atoms with Crippen molar-refractivity contribution in [2.24, 2.45) is 5.92 Å². The van der Waals surface area contributed by atoms with E-state index in [0.29, 0.717) is 12.4 Å². The van der Waals surface area contributed by atoms with Crippen molar-refractivity contribution in [3.63, 3.8) is 0 Å². The number of hydrogen-bond acceptors (Lipinski definition) is 4. The summed E-state index contributed by atoms with van der Waals surface area (Å²) in [5.41, 5.74) is 0.394. The Kier molecular flexibility index (Phi) is 4.17. The van der Waals surface area contributed by atoms with Crippen LogP contribution < -0.4 is 10.6 Å². The number of aromatic nitrogens is 2. The first kappa shape index (κ1) is 16.6. The van der Waals surface area contributed by atoms with Gasteiger partial charge in [0.05, 0.1) is 16.7 Å². The molecule has 1 unspecified atom stereocenters. The minimum Gasteiger partial charge on any atom is -0.369 e. The number of fused-ring (bicyclic) bond motifs is 1. The minimum atomic E-state index is -0.278. The summed E-state index contributed by atoms with van der Waals surface area (Å²) in [6.45, 7) is 8.86. The number of urea groups is 1. The van der Waals surface area contributed by atoms with Gasteiger partial charge in [-0.1, -0.05) is 18.2 Å². The van der Waals surface area contributed by atoms with Crippen LogP contribution in [0.3, 0.4) is 0 Å². The van der Waals surface area contributed by atoms with Gasteiger partial charge in [-0.3, -0.25) is 5.32 Å². The summed E-state index contributed by atoms with van der Waals surface area (Å²) >= 11 is 0. The number of anilines is 1. The van der Waals surface area contributed by atoms with E-state index in [4.69, 9.17) is 4.74 Å². The van der Waals surface area contributed by atoms with Crippen molar-refractivity contribution in [2.75, 3.05) is 11.9 Å². The van der Waals surface area contributed by atoms with Crippen molar-refractivity contribution in [3.05, 3.63) is 30.3 Å². The third-order valence-electron chi connectivity index (χ3n) is 4.51. The van der Waals surface area contributed by atoms with Crippen molar-refractivity contribution in [2.45, 2.75) is 45.3 Å². The Balaban J connectivity index is 1.59. The fraction of sp³-hybridized carbons (Fsp3) is 0.500. The maximum atomic E-state index is 12.1. The first-order valence-electron chi connectivity index (χ1n) is 8.23. The van der Waals surface area contributed by atoms with Crippen LogP contribution in [0, 0.1) is 5.92 Å². The monoisotopic (exact) mass is 328 g/mol. The Labute approximate surface area is 142 Å². The van der Waals surface area contributed by atoms with E-state index in [1.807, 2.05) is 30.3 Å². The molecule has 0 aliphatic carbocycles. The highest BCUT2D eigenvalue weighted by Gasteiger charge is 2.45. The number of nitrogens with zero attached hydrogens (tertiary/aromatic N) is 2. The number of benzene rings is 1. The largest absolute Gasteiger partial charge is 0.369 e. The van der Waals surface area contributed by atoms with E-state index in [2.05, 4.69) is 48.5 Å². The standard InChI is InChI=1S/C18H24N4O2/c1-17(2)10-13(18(3,4)24-17)11-19-16(23)20-15-9-12-7-5-6-8-14(12)21-22-15/h5-9,13H,10-11H2,1-4H3,(H2,19,20,22,23). The second-order valence-electron chi connectivity index (χ2n) is 7.49. The molecule has 0 bridgehead atoms. The van der Waals surface area contributed by atoms with Gasteiger partial charge in [0.15, 0.2) is 5.82 Å². The molecule has 0 spiro atoms. The van der Waals surface area contributed by atoms with Crippen molar-refractivity contribution < 1.29 is 9.53 Å². The zero-order valence-corrected chi connectivity index (χ0v) is 14.6. The van der Waals surface area contributed by atoms with Crippen molar-refractivity contribution in [1.29, 1.82) is 0 Å².